The second-order valence-electron chi connectivity index (χ2n) is 3.98. The van der Waals surface area contributed by atoms with Crippen molar-refractivity contribution in [3.63, 3.8) is 0 Å². The summed E-state index contributed by atoms with van der Waals surface area (Å²) in [6, 6.07) is 7.40. The number of hydrogen-bond donors (Lipinski definition) is 1. The summed E-state index contributed by atoms with van der Waals surface area (Å²) in [5.74, 6) is 1.62. The fourth-order valence-electron chi connectivity index (χ4n) is 1.99. The van der Waals surface area contributed by atoms with E-state index in [9.17, 15) is 4.79 Å². The van der Waals surface area contributed by atoms with Crippen LogP contribution in [0.1, 0.15) is 24.9 Å². The van der Waals surface area contributed by atoms with E-state index in [0.29, 0.717) is 11.6 Å². The van der Waals surface area contributed by atoms with Crippen LogP contribution < -0.4 is 0 Å². The molecule has 96 valence electrons. The van der Waals surface area contributed by atoms with Crippen LogP contribution in [0.25, 0.3) is 0 Å². The predicted molar refractivity (Wildman–Crippen MR) is 72.5 cm³/mol. The van der Waals surface area contributed by atoms with Crippen molar-refractivity contribution in [3.05, 3.63) is 34.9 Å². The van der Waals surface area contributed by atoms with Crippen molar-refractivity contribution < 1.29 is 9.90 Å². The zero-order valence-electron chi connectivity index (χ0n) is 10.3. The quantitative estimate of drug-likeness (QED) is 0.804. The topological polar surface area (TPSA) is 40.5 Å². The van der Waals surface area contributed by atoms with E-state index in [2.05, 4.69) is 5.92 Å². The van der Waals surface area contributed by atoms with Crippen LogP contribution in [-0.4, -0.2) is 29.1 Å². The van der Waals surface area contributed by atoms with Gasteiger partial charge in [-0.2, -0.15) is 0 Å². The van der Waals surface area contributed by atoms with Crippen molar-refractivity contribution in [2.75, 3.05) is 13.1 Å². The minimum absolute atomic E-state index is 0.0316. The Hall–Kier alpha value is -1.50. The van der Waals surface area contributed by atoms with Gasteiger partial charge in [-0.25, -0.2) is 0 Å². The summed E-state index contributed by atoms with van der Waals surface area (Å²) in [5.41, 5.74) is 0.988. The van der Waals surface area contributed by atoms with Crippen LogP contribution in [0.2, 0.25) is 5.02 Å². The van der Waals surface area contributed by atoms with Crippen LogP contribution in [0.4, 0.5) is 0 Å². The molecule has 0 amide bonds. The van der Waals surface area contributed by atoms with Gasteiger partial charge in [0.25, 0.3) is 0 Å². The van der Waals surface area contributed by atoms with Gasteiger partial charge in [0.15, 0.2) is 0 Å². The Morgan fingerprint density at radius 3 is 2.83 bits per heavy atom. The van der Waals surface area contributed by atoms with Crippen molar-refractivity contribution in [2.45, 2.75) is 19.4 Å². The molecule has 1 unspecified atom stereocenters. The molecule has 0 fully saturated rings. The van der Waals surface area contributed by atoms with Gasteiger partial charge in [0.2, 0.25) is 0 Å². The Morgan fingerprint density at radius 1 is 1.61 bits per heavy atom. The summed E-state index contributed by atoms with van der Waals surface area (Å²) in [6.45, 7) is 2.23. The molecule has 0 spiro atoms. The molecule has 0 aliphatic rings. The first-order valence-corrected chi connectivity index (χ1v) is 6.11. The fourth-order valence-corrected chi connectivity index (χ4v) is 2.18. The lowest BCUT2D eigenvalue weighted by molar-refractivity contribution is -0.138. The zero-order chi connectivity index (χ0) is 13.5. The molecule has 1 aromatic carbocycles. The van der Waals surface area contributed by atoms with Crippen LogP contribution in [-0.2, 0) is 4.79 Å². The van der Waals surface area contributed by atoms with Gasteiger partial charge in [-0.3, -0.25) is 9.69 Å². The third-order valence-electron chi connectivity index (χ3n) is 2.69. The third-order valence-corrected chi connectivity index (χ3v) is 2.93. The smallest absolute Gasteiger partial charge is 0.317 e. The molecule has 1 N–H and O–H groups in total. The third kappa shape index (κ3) is 4.06. The summed E-state index contributed by atoms with van der Waals surface area (Å²) in [4.78, 5) is 12.6. The Balaban J connectivity index is 2.98. The van der Waals surface area contributed by atoms with Gasteiger partial charge in [-0.1, -0.05) is 36.6 Å². The van der Waals surface area contributed by atoms with E-state index in [4.69, 9.17) is 23.1 Å². The molecule has 0 aliphatic heterocycles. The molecule has 0 bridgehead atoms. The molecule has 0 radical (unpaired) electrons. The Bertz CT molecular complexity index is 453. The van der Waals surface area contributed by atoms with Crippen molar-refractivity contribution in [1.82, 2.24) is 4.90 Å². The highest BCUT2D eigenvalue weighted by Crippen LogP contribution is 2.25. The molecule has 0 heterocycles. The largest absolute Gasteiger partial charge is 0.480 e. The average molecular weight is 266 g/mol. The lowest BCUT2D eigenvalue weighted by atomic mass is 10.0. The average Bonchev–Trinajstić information content (AvgIpc) is 2.29. The number of carboxylic acid groups (broad SMARTS) is 1. The minimum Gasteiger partial charge on any atom is -0.480 e. The highest BCUT2D eigenvalue weighted by atomic mass is 35.5. The summed E-state index contributed by atoms with van der Waals surface area (Å²) < 4.78 is 0. The monoisotopic (exact) mass is 265 g/mol. The lowest BCUT2D eigenvalue weighted by Crippen LogP contribution is -2.33. The number of benzene rings is 1. The first-order chi connectivity index (χ1) is 8.58. The van der Waals surface area contributed by atoms with Gasteiger partial charge >= 0.3 is 5.97 Å². The van der Waals surface area contributed by atoms with Crippen molar-refractivity contribution in [2.24, 2.45) is 0 Å². The van der Waals surface area contributed by atoms with Crippen LogP contribution in [0, 0.1) is 12.3 Å². The van der Waals surface area contributed by atoms with E-state index < -0.39 is 5.97 Å². The summed E-state index contributed by atoms with van der Waals surface area (Å²) in [5, 5.41) is 9.56. The maximum atomic E-state index is 10.9. The number of nitrogens with zero attached hydrogens (tertiary/aromatic N) is 1. The van der Waals surface area contributed by atoms with Gasteiger partial charge < -0.3 is 5.11 Å². The number of rotatable bonds is 6. The maximum absolute atomic E-state index is 10.9. The molecule has 1 aromatic rings. The maximum Gasteiger partial charge on any atom is 0.317 e. The normalized spacial score (nSPS) is 12.1. The van der Waals surface area contributed by atoms with Crippen LogP contribution in [0.15, 0.2) is 24.3 Å². The molecule has 3 nitrogen and oxygen atoms in total. The number of carboxylic acids is 1. The van der Waals surface area contributed by atoms with Gasteiger partial charge in [0.1, 0.15) is 0 Å². The molecule has 1 rings (SSSR count). The standard InChI is InChI=1S/C14H16ClNO2/c1-3-8-16(10-14(17)18)13(4-2)11-6-5-7-12(15)9-11/h1,5-7,9,13H,4,8,10H2,2H3,(H,17,18). The van der Waals surface area contributed by atoms with Gasteiger partial charge in [-0.15, -0.1) is 6.42 Å². The van der Waals surface area contributed by atoms with E-state index in [1.54, 1.807) is 11.0 Å². The Kier molecular flexibility index (Phi) is 5.70. The lowest BCUT2D eigenvalue weighted by Gasteiger charge is -2.28. The van der Waals surface area contributed by atoms with E-state index in [1.165, 1.54) is 0 Å². The number of terminal acetylenes is 1. The Labute approximate surface area is 112 Å². The molecular formula is C14H16ClNO2. The van der Waals surface area contributed by atoms with Crippen LogP contribution in [0.5, 0.6) is 0 Å². The first-order valence-electron chi connectivity index (χ1n) is 5.73. The van der Waals surface area contributed by atoms with Crippen molar-refractivity contribution >= 4 is 17.6 Å². The molecule has 0 aromatic heterocycles. The molecule has 4 heteroatoms. The molecule has 0 saturated carbocycles. The van der Waals surface area contributed by atoms with E-state index in [1.807, 2.05) is 25.1 Å². The Morgan fingerprint density at radius 2 is 2.33 bits per heavy atom. The molecular weight excluding hydrogens is 250 g/mol. The van der Waals surface area contributed by atoms with Gasteiger partial charge in [0.05, 0.1) is 13.1 Å². The second kappa shape index (κ2) is 7.05. The highest BCUT2D eigenvalue weighted by molar-refractivity contribution is 6.30. The molecule has 1 atom stereocenters. The van der Waals surface area contributed by atoms with Crippen LogP contribution in [0.3, 0.4) is 0 Å². The van der Waals surface area contributed by atoms with Gasteiger partial charge in [0, 0.05) is 11.1 Å². The van der Waals surface area contributed by atoms with Crippen LogP contribution >= 0.6 is 11.6 Å². The van der Waals surface area contributed by atoms with E-state index in [0.717, 1.165) is 12.0 Å². The number of aliphatic carboxylic acids is 1. The SMILES string of the molecule is C#CCN(CC(=O)O)C(CC)c1cccc(Cl)c1. The van der Waals surface area contributed by atoms with Crippen molar-refractivity contribution in [1.29, 1.82) is 0 Å². The summed E-state index contributed by atoms with van der Waals surface area (Å²) in [6.07, 6.45) is 6.07. The summed E-state index contributed by atoms with van der Waals surface area (Å²) >= 11 is 5.96. The first kappa shape index (κ1) is 14.6. The van der Waals surface area contributed by atoms with Crippen molar-refractivity contribution in [3.8, 4) is 12.3 Å². The van der Waals surface area contributed by atoms with E-state index in [-0.39, 0.29) is 12.6 Å². The summed E-state index contributed by atoms with van der Waals surface area (Å²) in [7, 11) is 0. The fraction of sp³-hybridized carbons (Fsp3) is 0.357. The highest BCUT2D eigenvalue weighted by Gasteiger charge is 2.20. The predicted octanol–water partition coefficient (Wildman–Crippen LogP) is 2.81. The molecule has 0 aliphatic carbocycles. The molecule has 0 saturated heterocycles. The number of halogens is 1. The molecule has 18 heavy (non-hydrogen) atoms. The second-order valence-corrected chi connectivity index (χ2v) is 4.42. The number of carbonyl (C=O) groups is 1. The van der Waals surface area contributed by atoms with E-state index >= 15 is 0 Å². The zero-order valence-corrected chi connectivity index (χ0v) is 11.0. The minimum atomic E-state index is -0.884. The van der Waals surface area contributed by atoms with Gasteiger partial charge in [-0.05, 0) is 24.1 Å². The number of hydrogen-bond acceptors (Lipinski definition) is 2.